The van der Waals surface area contributed by atoms with E-state index in [-0.39, 0.29) is 25.7 Å². The Morgan fingerprint density at radius 2 is 1.74 bits per heavy atom. The summed E-state index contributed by atoms with van der Waals surface area (Å²) in [5.74, 6) is -1.65. The molecular formula is C30H40O8. The SMILES string of the molecule is CC(=O)O[C@@H](C)[C@]1(O)CC[C@@]2(O)[C@]1(C)[C@H](OC(=O)c1ccccc1)C[C@@H]1[C@@]3(C)CC[C@H](O)CC3=CC[C@]12O. The van der Waals surface area contributed by atoms with Crippen molar-refractivity contribution in [3.63, 3.8) is 0 Å². The second-order valence-corrected chi connectivity index (χ2v) is 12.5. The van der Waals surface area contributed by atoms with Crippen LogP contribution in [-0.2, 0) is 14.3 Å². The molecule has 0 spiro atoms. The van der Waals surface area contributed by atoms with Gasteiger partial charge in [-0.2, -0.15) is 0 Å². The molecule has 0 heterocycles. The second kappa shape index (κ2) is 8.88. The van der Waals surface area contributed by atoms with Gasteiger partial charge in [0.05, 0.1) is 17.1 Å². The molecule has 1 aromatic carbocycles. The number of carbonyl (C=O) groups is 2. The minimum Gasteiger partial charge on any atom is -0.460 e. The molecule has 3 saturated carbocycles. The molecule has 0 aliphatic heterocycles. The first-order valence-corrected chi connectivity index (χ1v) is 13.7. The molecular weight excluding hydrogens is 488 g/mol. The number of aliphatic hydroxyl groups excluding tert-OH is 1. The second-order valence-electron chi connectivity index (χ2n) is 12.5. The summed E-state index contributed by atoms with van der Waals surface area (Å²) in [5, 5.41) is 47.7. The average Bonchev–Trinajstić information content (AvgIpc) is 3.10. The minimum absolute atomic E-state index is 0.0415. The summed E-state index contributed by atoms with van der Waals surface area (Å²) in [6, 6.07) is 8.54. The Morgan fingerprint density at radius 1 is 1.05 bits per heavy atom. The van der Waals surface area contributed by atoms with Crippen LogP contribution in [0.1, 0.15) is 83.0 Å². The van der Waals surface area contributed by atoms with Crippen LogP contribution in [0.4, 0.5) is 0 Å². The summed E-state index contributed by atoms with van der Waals surface area (Å²) in [4.78, 5) is 25.3. The van der Waals surface area contributed by atoms with Gasteiger partial charge >= 0.3 is 11.9 Å². The van der Waals surface area contributed by atoms with Gasteiger partial charge in [-0.05, 0) is 69.4 Å². The summed E-state index contributed by atoms with van der Waals surface area (Å²) in [7, 11) is 0. The zero-order valence-corrected chi connectivity index (χ0v) is 22.6. The third-order valence-electron chi connectivity index (χ3n) is 10.9. The average molecular weight is 529 g/mol. The first kappa shape index (κ1) is 27.3. The number of carbonyl (C=O) groups excluding carboxylic acids is 2. The highest BCUT2D eigenvalue weighted by molar-refractivity contribution is 5.89. The maximum Gasteiger partial charge on any atom is 0.338 e. The molecule has 0 amide bonds. The van der Waals surface area contributed by atoms with E-state index in [2.05, 4.69) is 6.92 Å². The molecule has 208 valence electrons. The number of ether oxygens (including phenoxy) is 2. The fraction of sp³-hybridized carbons (Fsp3) is 0.667. The highest BCUT2D eigenvalue weighted by Crippen LogP contribution is 2.71. The normalized spacial score (nSPS) is 44.6. The molecule has 8 heteroatoms. The lowest BCUT2D eigenvalue weighted by Crippen LogP contribution is -2.78. The molecule has 0 aromatic heterocycles. The number of hydrogen-bond donors (Lipinski definition) is 4. The van der Waals surface area contributed by atoms with E-state index in [9.17, 15) is 30.0 Å². The van der Waals surface area contributed by atoms with Gasteiger partial charge in [0, 0.05) is 12.8 Å². The molecule has 9 atom stereocenters. The van der Waals surface area contributed by atoms with Crippen LogP contribution in [0.5, 0.6) is 0 Å². The zero-order valence-electron chi connectivity index (χ0n) is 22.6. The van der Waals surface area contributed by atoms with E-state index in [1.54, 1.807) is 44.2 Å². The van der Waals surface area contributed by atoms with Crippen LogP contribution < -0.4 is 0 Å². The maximum atomic E-state index is 13.4. The monoisotopic (exact) mass is 528 g/mol. The molecule has 4 aliphatic carbocycles. The molecule has 8 nitrogen and oxygen atoms in total. The van der Waals surface area contributed by atoms with Gasteiger partial charge in [0.1, 0.15) is 29.0 Å². The van der Waals surface area contributed by atoms with E-state index < -0.39 is 63.8 Å². The fourth-order valence-electron chi connectivity index (χ4n) is 8.61. The largest absolute Gasteiger partial charge is 0.460 e. The zero-order chi connectivity index (χ0) is 27.7. The van der Waals surface area contributed by atoms with Crippen LogP contribution in [-0.4, -0.2) is 67.5 Å². The van der Waals surface area contributed by atoms with Crippen molar-refractivity contribution in [2.75, 3.05) is 0 Å². The molecule has 38 heavy (non-hydrogen) atoms. The van der Waals surface area contributed by atoms with Crippen LogP contribution >= 0.6 is 0 Å². The van der Waals surface area contributed by atoms with Crippen molar-refractivity contribution in [1.29, 1.82) is 0 Å². The lowest BCUT2D eigenvalue weighted by atomic mass is 9.42. The number of rotatable bonds is 4. The molecule has 5 rings (SSSR count). The van der Waals surface area contributed by atoms with Gasteiger partial charge < -0.3 is 29.9 Å². The lowest BCUT2D eigenvalue weighted by Gasteiger charge is -2.67. The van der Waals surface area contributed by atoms with Crippen LogP contribution in [0.15, 0.2) is 42.0 Å². The lowest BCUT2D eigenvalue weighted by molar-refractivity contribution is -0.324. The van der Waals surface area contributed by atoms with Gasteiger partial charge in [0.25, 0.3) is 0 Å². The first-order valence-electron chi connectivity index (χ1n) is 13.7. The number of hydrogen-bond acceptors (Lipinski definition) is 8. The Morgan fingerprint density at radius 3 is 2.39 bits per heavy atom. The summed E-state index contributed by atoms with van der Waals surface area (Å²) in [6.07, 6.45) is 1.61. The van der Waals surface area contributed by atoms with E-state index in [1.165, 1.54) is 6.92 Å². The van der Waals surface area contributed by atoms with E-state index in [1.807, 2.05) is 6.08 Å². The molecule has 0 unspecified atom stereocenters. The van der Waals surface area contributed by atoms with Gasteiger partial charge in [0.2, 0.25) is 0 Å². The molecule has 4 N–H and O–H groups in total. The van der Waals surface area contributed by atoms with Crippen molar-refractivity contribution in [1.82, 2.24) is 0 Å². The highest BCUT2D eigenvalue weighted by Gasteiger charge is 2.81. The summed E-state index contributed by atoms with van der Waals surface area (Å²) in [5.41, 5.74) is -5.95. The van der Waals surface area contributed by atoms with Gasteiger partial charge in [-0.15, -0.1) is 0 Å². The Kier molecular flexibility index (Phi) is 6.38. The standard InChI is InChI=1S/C30H40O8/c1-18(37-19(2)31)28(34)14-15-30(36)27(28,4)24(38-25(33)20-8-6-5-7-9-20)17-23-26(3)12-11-22(32)16-21(26)10-13-29(23,30)35/h5-10,18,22-24,32,34-36H,11-17H2,1-4H3/t18-,22-,23+,24+,26-,27+,28+,29-,30+/m0/s1. The van der Waals surface area contributed by atoms with E-state index >= 15 is 0 Å². The third kappa shape index (κ3) is 3.49. The topological polar surface area (TPSA) is 134 Å². The Labute approximate surface area is 223 Å². The number of aliphatic hydroxyl groups is 4. The summed E-state index contributed by atoms with van der Waals surface area (Å²) >= 11 is 0. The molecule has 3 fully saturated rings. The van der Waals surface area contributed by atoms with Crippen LogP contribution in [0.25, 0.3) is 0 Å². The predicted molar refractivity (Wildman–Crippen MR) is 138 cm³/mol. The van der Waals surface area contributed by atoms with Crippen LogP contribution in [0, 0.1) is 16.7 Å². The van der Waals surface area contributed by atoms with Crippen molar-refractivity contribution in [3.8, 4) is 0 Å². The molecule has 0 saturated heterocycles. The van der Waals surface area contributed by atoms with E-state index in [0.29, 0.717) is 24.8 Å². The smallest absolute Gasteiger partial charge is 0.338 e. The van der Waals surface area contributed by atoms with E-state index in [0.717, 1.165) is 5.57 Å². The Bertz CT molecular complexity index is 1150. The summed E-state index contributed by atoms with van der Waals surface area (Å²) in [6.45, 7) is 6.55. The van der Waals surface area contributed by atoms with Crippen LogP contribution in [0.3, 0.4) is 0 Å². The molecule has 1 aromatic rings. The third-order valence-corrected chi connectivity index (χ3v) is 10.9. The predicted octanol–water partition coefficient (Wildman–Crippen LogP) is 3.06. The van der Waals surface area contributed by atoms with E-state index in [4.69, 9.17) is 9.47 Å². The van der Waals surface area contributed by atoms with Crippen molar-refractivity contribution >= 4 is 11.9 Å². The van der Waals surface area contributed by atoms with Gasteiger partial charge in [-0.25, -0.2) is 4.79 Å². The maximum absolute atomic E-state index is 13.4. The molecule has 0 radical (unpaired) electrons. The van der Waals surface area contributed by atoms with Gasteiger partial charge in [0.15, 0.2) is 0 Å². The van der Waals surface area contributed by atoms with Crippen molar-refractivity contribution in [2.24, 2.45) is 16.7 Å². The molecule has 4 aliphatic rings. The van der Waals surface area contributed by atoms with Crippen molar-refractivity contribution < 1.29 is 39.5 Å². The minimum atomic E-state index is -1.85. The van der Waals surface area contributed by atoms with Crippen molar-refractivity contribution in [2.45, 2.75) is 108 Å². The summed E-state index contributed by atoms with van der Waals surface area (Å²) < 4.78 is 11.6. The van der Waals surface area contributed by atoms with Crippen molar-refractivity contribution in [3.05, 3.63) is 47.5 Å². The highest BCUT2D eigenvalue weighted by atomic mass is 16.6. The van der Waals surface area contributed by atoms with Gasteiger partial charge in [-0.3, -0.25) is 4.79 Å². The quantitative estimate of drug-likeness (QED) is 0.346. The first-order chi connectivity index (χ1) is 17.7. The molecule has 0 bridgehead atoms. The fourth-order valence-corrected chi connectivity index (χ4v) is 8.61. The Balaban J connectivity index is 1.64. The Hall–Kier alpha value is -2.26. The number of fused-ring (bicyclic) bond motifs is 5. The number of esters is 2. The van der Waals surface area contributed by atoms with Crippen LogP contribution in [0.2, 0.25) is 0 Å². The number of benzene rings is 1. The van der Waals surface area contributed by atoms with Gasteiger partial charge in [-0.1, -0.05) is 43.7 Å².